The van der Waals surface area contributed by atoms with Crippen LogP contribution in [0, 0.1) is 5.92 Å². The van der Waals surface area contributed by atoms with E-state index in [-0.39, 0.29) is 5.60 Å². The molecule has 1 aliphatic carbocycles. The highest BCUT2D eigenvalue weighted by Gasteiger charge is 2.40. The van der Waals surface area contributed by atoms with Crippen molar-refractivity contribution in [1.29, 1.82) is 0 Å². The molecule has 2 fully saturated rings. The molecule has 1 saturated heterocycles. The molecular formula is C12H23NO. The van der Waals surface area contributed by atoms with Gasteiger partial charge in [-0.3, -0.25) is 0 Å². The van der Waals surface area contributed by atoms with Crippen LogP contribution in [0.1, 0.15) is 45.4 Å². The zero-order valence-electron chi connectivity index (χ0n) is 9.34. The van der Waals surface area contributed by atoms with Crippen molar-refractivity contribution in [2.45, 2.75) is 51.0 Å². The first kappa shape index (κ1) is 10.4. The summed E-state index contributed by atoms with van der Waals surface area (Å²) in [5, 5.41) is 9.77. The highest BCUT2D eigenvalue weighted by molar-refractivity contribution is 4.93. The first-order chi connectivity index (χ1) is 6.72. The van der Waals surface area contributed by atoms with Crippen molar-refractivity contribution in [2.24, 2.45) is 5.92 Å². The maximum absolute atomic E-state index is 9.77. The van der Waals surface area contributed by atoms with E-state index in [2.05, 4.69) is 11.8 Å². The molecule has 1 heterocycles. The predicted molar refractivity (Wildman–Crippen MR) is 58.3 cm³/mol. The molecule has 2 nitrogen and oxygen atoms in total. The van der Waals surface area contributed by atoms with Gasteiger partial charge in [0, 0.05) is 6.54 Å². The van der Waals surface area contributed by atoms with Gasteiger partial charge in [0.05, 0.1) is 5.60 Å². The molecule has 1 aliphatic heterocycles. The molecule has 0 aromatic rings. The normalized spacial score (nSPS) is 31.7. The molecule has 1 N–H and O–H groups in total. The summed E-state index contributed by atoms with van der Waals surface area (Å²) in [7, 11) is 0. The number of likely N-dealkylation sites (tertiary alicyclic amines) is 1. The van der Waals surface area contributed by atoms with Crippen molar-refractivity contribution in [1.82, 2.24) is 4.90 Å². The average Bonchev–Trinajstić information content (AvgIpc) is 2.95. The number of nitrogens with zero attached hydrogens (tertiary/aromatic N) is 1. The first-order valence-corrected chi connectivity index (χ1v) is 6.16. The maximum atomic E-state index is 9.77. The number of hydrogen-bond acceptors (Lipinski definition) is 2. The summed E-state index contributed by atoms with van der Waals surface area (Å²) in [6.45, 7) is 6.00. The van der Waals surface area contributed by atoms with Crippen LogP contribution in [-0.2, 0) is 0 Å². The minimum atomic E-state index is -0.228. The zero-order chi connectivity index (χ0) is 10.0. The molecule has 0 aromatic carbocycles. The summed E-state index contributed by atoms with van der Waals surface area (Å²) in [4.78, 5) is 2.55. The van der Waals surface area contributed by atoms with Gasteiger partial charge in [-0.15, -0.1) is 0 Å². The molecule has 0 bridgehead atoms. The minimum Gasteiger partial charge on any atom is -0.390 e. The third-order valence-electron chi connectivity index (χ3n) is 3.90. The van der Waals surface area contributed by atoms with Gasteiger partial charge >= 0.3 is 0 Å². The van der Waals surface area contributed by atoms with Crippen molar-refractivity contribution < 1.29 is 5.11 Å². The van der Waals surface area contributed by atoms with Crippen LogP contribution in [-0.4, -0.2) is 35.2 Å². The van der Waals surface area contributed by atoms with Gasteiger partial charge in [-0.05, 0) is 57.5 Å². The topological polar surface area (TPSA) is 23.5 Å². The highest BCUT2D eigenvalue weighted by atomic mass is 16.3. The van der Waals surface area contributed by atoms with E-state index in [9.17, 15) is 5.11 Å². The van der Waals surface area contributed by atoms with Gasteiger partial charge in [-0.2, -0.15) is 0 Å². The first-order valence-electron chi connectivity index (χ1n) is 6.16. The van der Waals surface area contributed by atoms with Crippen LogP contribution in [0.4, 0.5) is 0 Å². The van der Waals surface area contributed by atoms with Crippen LogP contribution in [0.3, 0.4) is 0 Å². The number of hydrogen-bond donors (Lipinski definition) is 1. The van der Waals surface area contributed by atoms with Gasteiger partial charge in [0.15, 0.2) is 0 Å². The summed E-state index contributed by atoms with van der Waals surface area (Å²) < 4.78 is 0. The quantitative estimate of drug-likeness (QED) is 0.745. The fraction of sp³-hybridized carbons (Fsp3) is 1.00. The monoisotopic (exact) mass is 197 g/mol. The van der Waals surface area contributed by atoms with E-state index < -0.39 is 0 Å². The summed E-state index contributed by atoms with van der Waals surface area (Å²) in [5.41, 5.74) is -0.228. The van der Waals surface area contributed by atoms with Gasteiger partial charge in [0.25, 0.3) is 0 Å². The lowest BCUT2D eigenvalue weighted by atomic mass is 9.92. The fourth-order valence-electron chi connectivity index (χ4n) is 2.54. The smallest absolute Gasteiger partial charge is 0.0650 e. The highest BCUT2D eigenvalue weighted by Crippen LogP contribution is 2.40. The minimum absolute atomic E-state index is 0.228. The second-order valence-electron chi connectivity index (χ2n) is 5.16. The van der Waals surface area contributed by atoms with Crippen molar-refractivity contribution in [2.75, 3.05) is 19.6 Å². The van der Waals surface area contributed by atoms with Crippen molar-refractivity contribution >= 4 is 0 Å². The Morgan fingerprint density at radius 1 is 1.43 bits per heavy atom. The lowest BCUT2D eigenvalue weighted by molar-refractivity contribution is 0.113. The van der Waals surface area contributed by atoms with E-state index >= 15 is 0 Å². The Bertz CT molecular complexity index is 189. The molecule has 1 saturated carbocycles. The Morgan fingerprint density at radius 3 is 2.86 bits per heavy atom. The summed E-state index contributed by atoms with van der Waals surface area (Å²) in [5.74, 6) is 0.855. The van der Waals surface area contributed by atoms with E-state index in [1.54, 1.807) is 0 Å². The van der Waals surface area contributed by atoms with Gasteiger partial charge in [0.2, 0.25) is 0 Å². The molecule has 14 heavy (non-hydrogen) atoms. The number of piperidine rings is 1. The number of rotatable bonds is 4. The second kappa shape index (κ2) is 4.19. The van der Waals surface area contributed by atoms with E-state index in [0.717, 1.165) is 25.2 Å². The van der Waals surface area contributed by atoms with E-state index in [1.165, 1.54) is 38.9 Å². The van der Waals surface area contributed by atoms with E-state index in [1.807, 2.05) is 0 Å². The largest absolute Gasteiger partial charge is 0.390 e. The molecule has 1 atom stereocenters. The Morgan fingerprint density at radius 2 is 2.21 bits per heavy atom. The van der Waals surface area contributed by atoms with Crippen LogP contribution in [0.25, 0.3) is 0 Å². The SMILES string of the molecule is CCN1CCCC(CCC2(O)CC2)C1. The molecule has 0 aromatic heterocycles. The molecular weight excluding hydrogens is 174 g/mol. The molecule has 82 valence electrons. The fourth-order valence-corrected chi connectivity index (χ4v) is 2.54. The molecule has 1 unspecified atom stereocenters. The lowest BCUT2D eigenvalue weighted by Gasteiger charge is -2.32. The molecule has 0 amide bonds. The zero-order valence-corrected chi connectivity index (χ0v) is 9.34. The van der Waals surface area contributed by atoms with Crippen LogP contribution in [0.15, 0.2) is 0 Å². The number of aliphatic hydroxyl groups is 1. The molecule has 2 heteroatoms. The Labute approximate surface area is 87.3 Å². The third-order valence-corrected chi connectivity index (χ3v) is 3.90. The van der Waals surface area contributed by atoms with Crippen LogP contribution in [0.5, 0.6) is 0 Å². The van der Waals surface area contributed by atoms with Crippen molar-refractivity contribution in [3.8, 4) is 0 Å². The van der Waals surface area contributed by atoms with Crippen molar-refractivity contribution in [3.63, 3.8) is 0 Å². The average molecular weight is 197 g/mol. The molecule has 2 aliphatic rings. The maximum Gasteiger partial charge on any atom is 0.0650 e. The molecule has 2 rings (SSSR count). The van der Waals surface area contributed by atoms with Gasteiger partial charge < -0.3 is 10.0 Å². The van der Waals surface area contributed by atoms with Crippen LogP contribution in [0.2, 0.25) is 0 Å². The summed E-state index contributed by atoms with van der Waals surface area (Å²) >= 11 is 0. The summed E-state index contributed by atoms with van der Waals surface area (Å²) in [6.07, 6.45) is 7.14. The Balaban J connectivity index is 1.69. The van der Waals surface area contributed by atoms with Crippen LogP contribution >= 0.6 is 0 Å². The van der Waals surface area contributed by atoms with Gasteiger partial charge in [0.1, 0.15) is 0 Å². The van der Waals surface area contributed by atoms with Gasteiger partial charge in [-0.1, -0.05) is 6.92 Å². The van der Waals surface area contributed by atoms with E-state index in [4.69, 9.17) is 0 Å². The summed E-state index contributed by atoms with van der Waals surface area (Å²) in [6, 6.07) is 0. The lowest BCUT2D eigenvalue weighted by Crippen LogP contribution is -2.35. The predicted octanol–water partition coefficient (Wildman–Crippen LogP) is 2.02. The molecule has 0 radical (unpaired) electrons. The van der Waals surface area contributed by atoms with Gasteiger partial charge in [-0.25, -0.2) is 0 Å². The second-order valence-corrected chi connectivity index (χ2v) is 5.16. The van der Waals surface area contributed by atoms with E-state index in [0.29, 0.717) is 0 Å². The third kappa shape index (κ3) is 2.71. The van der Waals surface area contributed by atoms with Crippen molar-refractivity contribution in [3.05, 3.63) is 0 Å². The van der Waals surface area contributed by atoms with Crippen LogP contribution < -0.4 is 0 Å². The Hall–Kier alpha value is -0.0800. The standard InChI is InChI=1S/C12H23NO/c1-2-13-9-3-4-11(10-13)5-6-12(14)7-8-12/h11,14H,2-10H2,1H3. The Kier molecular flexibility index (Phi) is 3.13. The molecule has 0 spiro atoms.